The molecule has 3 rings (SSSR count). The fourth-order valence-electron chi connectivity index (χ4n) is 2.01. The maximum atomic E-state index is 13.5. The van der Waals surface area contributed by atoms with Gasteiger partial charge < -0.3 is 10.1 Å². The fraction of sp³-hybridized carbons (Fsp3) is 0.312. The summed E-state index contributed by atoms with van der Waals surface area (Å²) in [5, 5.41) is 3.44. The van der Waals surface area contributed by atoms with Crippen LogP contribution in [0, 0.1) is 12.7 Å². The normalized spacial score (nSPS) is 14.3. The van der Waals surface area contributed by atoms with Crippen molar-refractivity contribution in [1.82, 2.24) is 10.3 Å². The van der Waals surface area contributed by atoms with Gasteiger partial charge in [0.05, 0.1) is 0 Å². The van der Waals surface area contributed by atoms with Gasteiger partial charge in [-0.2, -0.15) is 0 Å². The number of nitrogens with zero attached hydrogens (tertiary/aromatic N) is 1. The first kappa shape index (κ1) is 13.1. The van der Waals surface area contributed by atoms with Crippen LogP contribution in [0.1, 0.15) is 24.0 Å². The van der Waals surface area contributed by atoms with Crippen LogP contribution in [-0.2, 0) is 6.54 Å². The van der Waals surface area contributed by atoms with Crippen LogP contribution in [0.4, 0.5) is 4.39 Å². The van der Waals surface area contributed by atoms with Gasteiger partial charge >= 0.3 is 0 Å². The van der Waals surface area contributed by atoms with E-state index in [4.69, 9.17) is 4.74 Å². The van der Waals surface area contributed by atoms with Gasteiger partial charge in [-0.05, 0) is 43.5 Å². The van der Waals surface area contributed by atoms with Crippen LogP contribution in [0.25, 0.3) is 0 Å². The number of hydrogen-bond acceptors (Lipinski definition) is 3. The molecule has 0 aliphatic heterocycles. The number of rotatable bonds is 5. The second kappa shape index (κ2) is 5.59. The SMILES string of the molecule is Cc1cc(CNC2CC2)cnc1Oc1ccccc1F. The number of benzene rings is 1. The molecule has 0 bridgehead atoms. The molecule has 0 radical (unpaired) electrons. The number of ether oxygens (including phenoxy) is 1. The standard InChI is InChI=1S/C16H17FN2O/c1-11-8-12(9-18-13-6-7-13)10-19-16(11)20-15-5-3-2-4-14(15)17/h2-5,8,10,13,18H,6-7,9H2,1H3. The molecular weight excluding hydrogens is 255 g/mol. The molecule has 1 aromatic heterocycles. The monoisotopic (exact) mass is 272 g/mol. The van der Waals surface area contributed by atoms with Crippen molar-refractivity contribution in [2.45, 2.75) is 32.4 Å². The van der Waals surface area contributed by atoms with Crippen molar-refractivity contribution in [3.63, 3.8) is 0 Å². The Labute approximate surface area is 117 Å². The van der Waals surface area contributed by atoms with Crippen LogP contribution in [0.15, 0.2) is 36.5 Å². The van der Waals surface area contributed by atoms with Crippen LogP contribution >= 0.6 is 0 Å². The third-order valence-electron chi connectivity index (χ3n) is 3.30. The molecule has 0 unspecified atom stereocenters. The van der Waals surface area contributed by atoms with Crippen molar-refractivity contribution in [2.24, 2.45) is 0 Å². The van der Waals surface area contributed by atoms with E-state index in [-0.39, 0.29) is 11.6 Å². The maximum absolute atomic E-state index is 13.5. The first-order valence-corrected chi connectivity index (χ1v) is 6.83. The Morgan fingerprint density at radius 1 is 1.35 bits per heavy atom. The molecule has 1 aromatic carbocycles. The van der Waals surface area contributed by atoms with E-state index in [1.807, 2.05) is 13.0 Å². The minimum absolute atomic E-state index is 0.201. The van der Waals surface area contributed by atoms with Gasteiger partial charge in [0.1, 0.15) is 0 Å². The van der Waals surface area contributed by atoms with Crippen LogP contribution in [0.2, 0.25) is 0 Å². The Morgan fingerprint density at radius 2 is 2.15 bits per heavy atom. The van der Waals surface area contributed by atoms with E-state index in [0.29, 0.717) is 11.9 Å². The summed E-state index contributed by atoms with van der Waals surface area (Å²) in [6.07, 6.45) is 4.31. The highest BCUT2D eigenvalue weighted by atomic mass is 19.1. The Balaban J connectivity index is 1.71. The van der Waals surface area contributed by atoms with Gasteiger partial charge in [0.2, 0.25) is 5.88 Å². The second-order valence-electron chi connectivity index (χ2n) is 5.15. The third-order valence-corrected chi connectivity index (χ3v) is 3.30. The van der Waals surface area contributed by atoms with E-state index in [2.05, 4.69) is 10.3 Å². The van der Waals surface area contributed by atoms with Crippen molar-refractivity contribution in [2.75, 3.05) is 0 Å². The summed E-state index contributed by atoms with van der Waals surface area (Å²) in [4.78, 5) is 4.28. The molecule has 1 saturated carbocycles. The molecule has 1 aliphatic carbocycles. The molecule has 0 atom stereocenters. The zero-order chi connectivity index (χ0) is 13.9. The topological polar surface area (TPSA) is 34.2 Å². The summed E-state index contributed by atoms with van der Waals surface area (Å²) in [6, 6.07) is 9.04. The number of pyridine rings is 1. The predicted octanol–water partition coefficient (Wildman–Crippen LogP) is 3.57. The number of halogens is 1. The molecule has 1 heterocycles. The number of hydrogen-bond donors (Lipinski definition) is 1. The van der Waals surface area contributed by atoms with Gasteiger partial charge in [-0.3, -0.25) is 0 Å². The summed E-state index contributed by atoms with van der Waals surface area (Å²) in [5.74, 6) is 0.269. The van der Waals surface area contributed by atoms with Gasteiger partial charge in [-0.1, -0.05) is 12.1 Å². The smallest absolute Gasteiger partial charge is 0.222 e. The summed E-state index contributed by atoms with van der Waals surface area (Å²) < 4.78 is 19.1. The number of para-hydroxylation sites is 1. The average Bonchev–Trinajstić information content (AvgIpc) is 3.26. The van der Waals surface area contributed by atoms with Gasteiger partial charge in [0.25, 0.3) is 0 Å². The zero-order valence-electron chi connectivity index (χ0n) is 11.4. The van der Waals surface area contributed by atoms with Crippen LogP contribution in [-0.4, -0.2) is 11.0 Å². The highest BCUT2D eigenvalue weighted by Crippen LogP contribution is 2.25. The third kappa shape index (κ3) is 3.14. The highest BCUT2D eigenvalue weighted by molar-refractivity contribution is 5.34. The molecule has 1 aliphatic rings. The number of nitrogens with one attached hydrogen (secondary N) is 1. The first-order valence-electron chi connectivity index (χ1n) is 6.83. The van der Waals surface area contributed by atoms with E-state index in [1.165, 1.54) is 18.9 Å². The van der Waals surface area contributed by atoms with Gasteiger partial charge in [0.15, 0.2) is 11.6 Å². The lowest BCUT2D eigenvalue weighted by molar-refractivity contribution is 0.424. The molecule has 2 aromatic rings. The Kier molecular flexibility index (Phi) is 3.65. The first-order chi connectivity index (χ1) is 9.72. The van der Waals surface area contributed by atoms with E-state index in [1.54, 1.807) is 24.4 Å². The largest absolute Gasteiger partial charge is 0.436 e. The number of aryl methyl sites for hydroxylation is 1. The molecule has 3 nitrogen and oxygen atoms in total. The van der Waals surface area contributed by atoms with Crippen molar-refractivity contribution >= 4 is 0 Å². The molecule has 1 fully saturated rings. The summed E-state index contributed by atoms with van der Waals surface area (Å²) in [6.45, 7) is 2.74. The van der Waals surface area contributed by atoms with Crippen LogP contribution in [0.3, 0.4) is 0 Å². The molecule has 104 valence electrons. The second-order valence-corrected chi connectivity index (χ2v) is 5.15. The Bertz CT molecular complexity index is 611. The lowest BCUT2D eigenvalue weighted by Gasteiger charge is -2.10. The van der Waals surface area contributed by atoms with Crippen molar-refractivity contribution in [1.29, 1.82) is 0 Å². The molecule has 0 saturated heterocycles. The zero-order valence-corrected chi connectivity index (χ0v) is 11.4. The minimum Gasteiger partial charge on any atom is -0.436 e. The van der Waals surface area contributed by atoms with E-state index >= 15 is 0 Å². The fourth-order valence-corrected chi connectivity index (χ4v) is 2.01. The molecular formula is C16H17FN2O. The van der Waals surface area contributed by atoms with Gasteiger partial charge in [-0.15, -0.1) is 0 Å². The predicted molar refractivity (Wildman–Crippen MR) is 75.3 cm³/mol. The van der Waals surface area contributed by atoms with Crippen molar-refractivity contribution in [3.05, 3.63) is 53.5 Å². The summed E-state index contributed by atoms with van der Waals surface area (Å²) >= 11 is 0. The molecule has 4 heteroatoms. The summed E-state index contributed by atoms with van der Waals surface area (Å²) in [5.41, 5.74) is 2.03. The van der Waals surface area contributed by atoms with E-state index < -0.39 is 0 Å². The lowest BCUT2D eigenvalue weighted by Crippen LogP contribution is -2.15. The van der Waals surface area contributed by atoms with Crippen LogP contribution < -0.4 is 10.1 Å². The molecule has 1 N–H and O–H groups in total. The van der Waals surface area contributed by atoms with E-state index in [0.717, 1.165) is 17.7 Å². The van der Waals surface area contributed by atoms with Crippen molar-refractivity contribution in [3.8, 4) is 11.6 Å². The molecule has 0 spiro atoms. The van der Waals surface area contributed by atoms with E-state index in [9.17, 15) is 4.39 Å². The molecule has 20 heavy (non-hydrogen) atoms. The summed E-state index contributed by atoms with van der Waals surface area (Å²) in [7, 11) is 0. The van der Waals surface area contributed by atoms with Crippen molar-refractivity contribution < 1.29 is 9.13 Å². The van der Waals surface area contributed by atoms with Crippen LogP contribution in [0.5, 0.6) is 11.6 Å². The lowest BCUT2D eigenvalue weighted by atomic mass is 10.2. The minimum atomic E-state index is -0.381. The van der Waals surface area contributed by atoms with Gasteiger partial charge in [0, 0.05) is 24.3 Å². The van der Waals surface area contributed by atoms with Gasteiger partial charge in [-0.25, -0.2) is 9.37 Å². The Morgan fingerprint density at radius 3 is 2.85 bits per heavy atom. The number of aromatic nitrogens is 1. The average molecular weight is 272 g/mol. The maximum Gasteiger partial charge on any atom is 0.222 e. The quantitative estimate of drug-likeness (QED) is 0.903. The molecule has 0 amide bonds. The highest BCUT2D eigenvalue weighted by Gasteiger charge is 2.20. The Hall–Kier alpha value is -1.94.